The molecule has 0 spiro atoms. The number of nitrogens with zero attached hydrogens (tertiary/aromatic N) is 1. The minimum absolute atomic E-state index is 0.143. The Hall–Kier alpha value is -5.34. The first-order valence-electron chi connectivity index (χ1n) is 15.8. The Morgan fingerprint density at radius 2 is 1.02 bits per heavy atom. The van der Waals surface area contributed by atoms with Gasteiger partial charge in [-0.15, -0.1) is 0 Å². The van der Waals surface area contributed by atoms with Gasteiger partial charge in [0.1, 0.15) is 0 Å². The summed E-state index contributed by atoms with van der Waals surface area (Å²) in [6.07, 6.45) is 1.10. The molecule has 2 nitrogen and oxygen atoms in total. The normalized spacial score (nSPS) is 11.5. The van der Waals surface area contributed by atoms with E-state index in [1.807, 2.05) is 0 Å². The van der Waals surface area contributed by atoms with Gasteiger partial charge in [-0.1, -0.05) is 130 Å². The van der Waals surface area contributed by atoms with Gasteiger partial charge in [-0.05, 0) is 87.8 Å². The zero-order valence-corrected chi connectivity index (χ0v) is 26.2. The summed E-state index contributed by atoms with van der Waals surface area (Å²) in [5.41, 5.74) is 9.53. The van der Waals surface area contributed by atoms with E-state index in [1.165, 1.54) is 43.9 Å². The lowest BCUT2D eigenvalue weighted by Gasteiger charge is -2.29. The molecule has 1 N–H and O–H groups in total. The highest BCUT2D eigenvalue weighted by molar-refractivity contribution is 5.99. The quantitative estimate of drug-likeness (QED) is 0.192. The highest BCUT2D eigenvalue weighted by Gasteiger charge is 2.20. The first-order chi connectivity index (χ1) is 22.0. The second kappa shape index (κ2) is 12.0. The van der Waals surface area contributed by atoms with Crippen LogP contribution in [-0.2, 0) is 5.41 Å². The van der Waals surface area contributed by atoms with Crippen LogP contribution in [0.2, 0.25) is 0 Å². The van der Waals surface area contributed by atoms with Gasteiger partial charge in [0.15, 0.2) is 0 Å². The second-order valence-electron chi connectivity index (χ2n) is 12.4. The van der Waals surface area contributed by atoms with Crippen LogP contribution in [0.15, 0.2) is 158 Å². The van der Waals surface area contributed by atoms with Gasteiger partial charge in [-0.2, -0.15) is 0 Å². The van der Waals surface area contributed by atoms with Gasteiger partial charge >= 0.3 is 0 Å². The molecule has 0 fully saturated rings. The van der Waals surface area contributed by atoms with Crippen LogP contribution < -0.4 is 10.2 Å². The fourth-order valence-electron chi connectivity index (χ4n) is 6.14. The van der Waals surface area contributed by atoms with E-state index in [0.29, 0.717) is 0 Å². The van der Waals surface area contributed by atoms with Crippen LogP contribution >= 0.6 is 0 Å². The second-order valence-corrected chi connectivity index (χ2v) is 12.4. The molecule has 220 valence electrons. The molecule has 0 aliphatic heterocycles. The molecular weight excluding hydrogens is 544 g/mol. The van der Waals surface area contributed by atoms with E-state index in [9.17, 15) is 0 Å². The molecule has 7 aromatic carbocycles. The van der Waals surface area contributed by atoms with Crippen molar-refractivity contribution in [2.45, 2.75) is 32.6 Å². The largest absolute Gasteiger partial charge is 0.355 e. The summed E-state index contributed by atoms with van der Waals surface area (Å²) in [4.78, 5) is 2.38. The van der Waals surface area contributed by atoms with Crippen LogP contribution in [0.1, 0.15) is 32.8 Å². The van der Waals surface area contributed by atoms with Crippen molar-refractivity contribution in [1.82, 2.24) is 0 Å². The summed E-state index contributed by atoms with van der Waals surface area (Å²) in [6, 6.07) is 56.8. The maximum atomic E-state index is 3.61. The van der Waals surface area contributed by atoms with E-state index in [4.69, 9.17) is 0 Å². The monoisotopic (exact) mass is 582 g/mol. The van der Waals surface area contributed by atoms with Gasteiger partial charge in [0.25, 0.3) is 0 Å². The van der Waals surface area contributed by atoms with E-state index in [0.717, 1.165) is 29.2 Å². The smallest absolute Gasteiger partial charge is 0.0540 e. The number of anilines is 5. The predicted molar refractivity (Wildman–Crippen MR) is 195 cm³/mol. The minimum Gasteiger partial charge on any atom is -0.355 e. The summed E-state index contributed by atoms with van der Waals surface area (Å²) in [5, 5.41) is 8.53. The van der Waals surface area contributed by atoms with Crippen LogP contribution in [0, 0.1) is 0 Å². The van der Waals surface area contributed by atoms with E-state index in [1.54, 1.807) is 0 Å². The molecule has 7 rings (SSSR count). The maximum absolute atomic E-state index is 3.61. The van der Waals surface area contributed by atoms with E-state index in [-0.39, 0.29) is 5.41 Å². The third-order valence-electron chi connectivity index (χ3n) is 9.21. The van der Waals surface area contributed by atoms with E-state index >= 15 is 0 Å². The molecular formula is C43H38N2. The molecule has 7 aromatic rings. The summed E-state index contributed by atoms with van der Waals surface area (Å²) < 4.78 is 0. The Morgan fingerprint density at radius 3 is 1.67 bits per heavy atom. The number of hydrogen-bond donors (Lipinski definition) is 1. The highest BCUT2D eigenvalue weighted by Crippen LogP contribution is 2.40. The average molecular weight is 583 g/mol. The molecule has 0 atom stereocenters. The highest BCUT2D eigenvalue weighted by atomic mass is 15.1. The molecule has 0 aliphatic rings. The third-order valence-corrected chi connectivity index (χ3v) is 9.21. The average Bonchev–Trinajstić information content (AvgIpc) is 3.10. The van der Waals surface area contributed by atoms with Crippen LogP contribution in [0.5, 0.6) is 0 Å². The third kappa shape index (κ3) is 5.68. The lowest BCUT2D eigenvalue weighted by atomic mass is 9.82. The summed E-state index contributed by atoms with van der Waals surface area (Å²) in [5.74, 6) is 0. The lowest BCUT2D eigenvalue weighted by Crippen LogP contribution is -2.16. The van der Waals surface area contributed by atoms with Crippen LogP contribution in [-0.4, -0.2) is 0 Å². The van der Waals surface area contributed by atoms with Crippen molar-refractivity contribution in [2.75, 3.05) is 10.2 Å². The zero-order chi connectivity index (χ0) is 30.8. The number of nitrogens with one attached hydrogen (secondary N) is 1. The van der Waals surface area contributed by atoms with Crippen LogP contribution in [0.4, 0.5) is 28.4 Å². The van der Waals surface area contributed by atoms with Crippen molar-refractivity contribution in [2.24, 2.45) is 0 Å². The van der Waals surface area contributed by atoms with Gasteiger partial charge in [-0.25, -0.2) is 0 Å². The van der Waals surface area contributed by atoms with Crippen molar-refractivity contribution in [3.8, 4) is 11.1 Å². The Balaban J connectivity index is 1.21. The Kier molecular flexibility index (Phi) is 7.57. The molecule has 45 heavy (non-hydrogen) atoms. The molecule has 0 aliphatic carbocycles. The van der Waals surface area contributed by atoms with Gasteiger partial charge < -0.3 is 10.2 Å². The van der Waals surface area contributed by atoms with Crippen molar-refractivity contribution in [3.63, 3.8) is 0 Å². The fourth-order valence-corrected chi connectivity index (χ4v) is 6.14. The number of benzene rings is 7. The van der Waals surface area contributed by atoms with Gasteiger partial charge in [0.05, 0.1) is 5.69 Å². The number of rotatable bonds is 8. The fraction of sp³-hybridized carbons (Fsp3) is 0.116. The summed E-state index contributed by atoms with van der Waals surface area (Å²) in [6.45, 7) is 6.89. The molecule has 0 unspecified atom stereocenters. The van der Waals surface area contributed by atoms with Crippen molar-refractivity contribution >= 4 is 50.0 Å². The summed E-state index contributed by atoms with van der Waals surface area (Å²) >= 11 is 0. The van der Waals surface area contributed by atoms with Gasteiger partial charge in [0, 0.05) is 33.5 Å². The SMILES string of the molecule is CCC(C)(C)c1ccc(N(c2ccc(-c3ccc(Nc4cccc5ccccc45)cc3)cc2)c2cccc3ccccc23)cc1. The number of fused-ring (bicyclic) bond motifs is 2. The standard InChI is InChI=1S/C43H38N2/c1-4-43(2,3)35-23-29-38(30-24-35)45(42-18-10-14-34-12-6-8-16-40(34)42)37-27-21-32(22-28-37)31-19-25-36(26-20-31)44-41-17-9-13-33-11-5-7-15-39(33)41/h5-30,44H,4H2,1-3H3. The minimum atomic E-state index is 0.143. The zero-order valence-electron chi connectivity index (χ0n) is 26.2. The molecule has 0 heterocycles. The summed E-state index contributed by atoms with van der Waals surface area (Å²) in [7, 11) is 0. The van der Waals surface area contributed by atoms with Crippen molar-refractivity contribution < 1.29 is 0 Å². The van der Waals surface area contributed by atoms with Crippen LogP contribution in [0.25, 0.3) is 32.7 Å². The molecule has 0 radical (unpaired) electrons. The first-order valence-corrected chi connectivity index (χ1v) is 15.8. The molecule has 0 saturated heterocycles. The van der Waals surface area contributed by atoms with Gasteiger partial charge in [-0.3, -0.25) is 0 Å². The van der Waals surface area contributed by atoms with Crippen LogP contribution in [0.3, 0.4) is 0 Å². The molecule has 0 amide bonds. The Bertz CT molecular complexity index is 2060. The lowest BCUT2D eigenvalue weighted by molar-refractivity contribution is 0.506. The van der Waals surface area contributed by atoms with Crippen molar-refractivity contribution in [3.05, 3.63) is 163 Å². The molecule has 0 aromatic heterocycles. The molecule has 2 heteroatoms. The van der Waals surface area contributed by atoms with Crippen molar-refractivity contribution in [1.29, 1.82) is 0 Å². The van der Waals surface area contributed by atoms with E-state index in [2.05, 4.69) is 189 Å². The maximum Gasteiger partial charge on any atom is 0.0540 e. The first kappa shape index (κ1) is 28.4. The Labute approximate surface area is 266 Å². The molecule has 0 bridgehead atoms. The topological polar surface area (TPSA) is 15.3 Å². The Morgan fingerprint density at radius 1 is 0.511 bits per heavy atom. The van der Waals surface area contributed by atoms with Gasteiger partial charge in [0.2, 0.25) is 0 Å². The number of hydrogen-bond acceptors (Lipinski definition) is 2. The molecule has 0 saturated carbocycles. The predicted octanol–water partition coefficient (Wildman–Crippen LogP) is 12.6. The van der Waals surface area contributed by atoms with E-state index < -0.39 is 0 Å².